The van der Waals surface area contributed by atoms with Gasteiger partial charge in [-0.15, -0.1) is 11.3 Å². The topological polar surface area (TPSA) is 87.7 Å². The van der Waals surface area contributed by atoms with Crippen LogP contribution in [0.25, 0.3) is 0 Å². The van der Waals surface area contributed by atoms with Gasteiger partial charge in [0.05, 0.1) is 24.2 Å². The van der Waals surface area contributed by atoms with Gasteiger partial charge in [0.15, 0.2) is 0 Å². The summed E-state index contributed by atoms with van der Waals surface area (Å²) in [5.74, 6) is 2.12. The number of fused-ring (bicyclic) bond motifs is 1. The van der Waals surface area contributed by atoms with Crippen molar-refractivity contribution in [2.75, 3.05) is 18.5 Å². The van der Waals surface area contributed by atoms with Crippen molar-refractivity contribution in [3.63, 3.8) is 0 Å². The van der Waals surface area contributed by atoms with E-state index in [0.29, 0.717) is 48.0 Å². The molecule has 0 saturated heterocycles. The van der Waals surface area contributed by atoms with Crippen molar-refractivity contribution >= 4 is 28.2 Å². The quantitative estimate of drug-likeness (QED) is 0.625. The number of aliphatic hydroxyl groups excluding tert-OH is 1. The van der Waals surface area contributed by atoms with Crippen LogP contribution in [0.5, 0.6) is 0 Å². The number of anilines is 1. The molecule has 7 heteroatoms. The molecule has 5 saturated carbocycles. The van der Waals surface area contributed by atoms with E-state index in [2.05, 4.69) is 10.6 Å². The maximum Gasteiger partial charge on any atom is 0.254 e. The molecule has 7 rings (SSSR count). The van der Waals surface area contributed by atoms with E-state index in [4.69, 9.17) is 4.74 Å². The van der Waals surface area contributed by atoms with Gasteiger partial charge in [-0.25, -0.2) is 0 Å². The van der Waals surface area contributed by atoms with Gasteiger partial charge >= 0.3 is 0 Å². The summed E-state index contributed by atoms with van der Waals surface area (Å²) in [4.78, 5) is 28.3. The van der Waals surface area contributed by atoms with Crippen LogP contribution in [0.1, 0.15) is 78.6 Å². The number of amides is 2. The number of ether oxygens (including phenoxy) is 1. The molecule has 6 nitrogen and oxygen atoms in total. The van der Waals surface area contributed by atoms with Gasteiger partial charge in [-0.3, -0.25) is 9.59 Å². The highest BCUT2D eigenvalue weighted by Crippen LogP contribution is 2.65. The molecule has 3 N–H and O–H groups in total. The molecule has 2 amide bonds. The standard InChI is InChI=1S/C25H34N2O4S/c28-12-16-3-1-2-4-19(16)26-22(29)21-18-5-6-31-13-20(18)32-23(21)27-24(30)25-10-14-7-15(11-25)9-17(25)8-14/h14-17,19,28H,1-13H2,(H,26,29)(H,27,30). The second kappa shape index (κ2) is 8.10. The number of hydrogen-bond acceptors (Lipinski definition) is 5. The third-order valence-electron chi connectivity index (χ3n) is 9.18. The second-order valence-electron chi connectivity index (χ2n) is 11.0. The SMILES string of the molecule is O=C(NC1CCCCC1CO)c1c(NC(=O)C23CC4CC(CC2C4)C3)sc2c1CCOC2. The summed E-state index contributed by atoms with van der Waals surface area (Å²) in [6.45, 7) is 1.22. The normalized spacial score (nSPS) is 37.3. The minimum atomic E-state index is -0.215. The maximum atomic E-state index is 13.7. The zero-order valence-electron chi connectivity index (χ0n) is 18.7. The van der Waals surface area contributed by atoms with Crippen LogP contribution in [0.15, 0.2) is 0 Å². The molecule has 2 heterocycles. The smallest absolute Gasteiger partial charge is 0.254 e. The number of aliphatic hydroxyl groups is 1. The van der Waals surface area contributed by atoms with E-state index in [1.165, 1.54) is 30.6 Å². The summed E-state index contributed by atoms with van der Waals surface area (Å²) in [7, 11) is 0. The fraction of sp³-hybridized carbons (Fsp3) is 0.760. The summed E-state index contributed by atoms with van der Waals surface area (Å²) in [6.07, 6.45) is 10.5. The van der Waals surface area contributed by atoms with Gasteiger partial charge in [-0.2, -0.15) is 0 Å². The Balaban J connectivity index is 1.27. The predicted octanol–water partition coefficient (Wildman–Crippen LogP) is 3.87. The van der Waals surface area contributed by atoms with Crippen molar-refractivity contribution in [3.8, 4) is 0 Å². The van der Waals surface area contributed by atoms with Gasteiger partial charge in [0, 0.05) is 23.4 Å². The van der Waals surface area contributed by atoms with Crippen LogP contribution >= 0.6 is 11.3 Å². The number of carbonyl (C=O) groups excluding carboxylic acids is 2. The summed E-state index contributed by atoms with van der Waals surface area (Å²) in [6, 6.07) is -0.0000529. The second-order valence-corrected chi connectivity index (χ2v) is 12.1. The summed E-state index contributed by atoms with van der Waals surface area (Å²) in [5.41, 5.74) is 1.48. The maximum absolute atomic E-state index is 13.7. The molecule has 1 aromatic rings. The molecule has 1 aromatic heterocycles. The average molecular weight is 459 g/mol. The van der Waals surface area contributed by atoms with Crippen molar-refractivity contribution in [3.05, 3.63) is 16.0 Å². The van der Waals surface area contributed by atoms with Crippen molar-refractivity contribution in [1.82, 2.24) is 5.32 Å². The van der Waals surface area contributed by atoms with Crippen LogP contribution < -0.4 is 10.6 Å². The van der Waals surface area contributed by atoms with Crippen molar-refractivity contribution in [2.24, 2.45) is 29.1 Å². The first kappa shape index (κ1) is 21.1. The molecular formula is C25H34N2O4S. The molecule has 4 atom stereocenters. The highest BCUT2D eigenvalue weighted by Gasteiger charge is 2.61. The van der Waals surface area contributed by atoms with Crippen molar-refractivity contribution in [2.45, 2.75) is 76.9 Å². The van der Waals surface area contributed by atoms with Crippen LogP contribution in [-0.4, -0.2) is 36.2 Å². The van der Waals surface area contributed by atoms with Crippen LogP contribution in [-0.2, 0) is 22.6 Å². The predicted molar refractivity (Wildman–Crippen MR) is 123 cm³/mol. The molecule has 1 aliphatic heterocycles. The minimum absolute atomic E-state index is 0.0000529. The van der Waals surface area contributed by atoms with E-state index in [-0.39, 0.29) is 35.8 Å². The van der Waals surface area contributed by atoms with Gasteiger partial charge in [-0.1, -0.05) is 12.8 Å². The number of nitrogens with one attached hydrogen (secondary N) is 2. The molecule has 32 heavy (non-hydrogen) atoms. The van der Waals surface area contributed by atoms with Crippen LogP contribution in [0.4, 0.5) is 5.00 Å². The zero-order chi connectivity index (χ0) is 21.9. The highest BCUT2D eigenvalue weighted by atomic mass is 32.1. The Morgan fingerprint density at radius 3 is 2.69 bits per heavy atom. The fourth-order valence-electron chi connectivity index (χ4n) is 7.81. The van der Waals surface area contributed by atoms with Gasteiger partial charge < -0.3 is 20.5 Å². The molecule has 0 spiro atoms. The van der Waals surface area contributed by atoms with Gasteiger partial charge in [-0.05, 0) is 74.7 Å². The molecule has 4 bridgehead atoms. The first-order valence-electron chi connectivity index (χ1n) is 12.5. The molecule has 5 fully saturated rings. The molecule has 174 valence electrons. The molecule has 5 aliphatic carbocycles. The molecule has 6 aliphatic rings. The Morgan fingerprint density at radius 2 is 1.91 bits per heavy atom. The Kier molecular flexibility index (Phi) is 5.35. The zero-order valence-corrected chi connectivity index (χ0v) is 19.5. The Morgan fingerprint density at radius 1 is 1.12 bits per heavy atom. The third-order valence-corrected chi connectivity index (χ3v) is 10.3. The van der Waals surface area contributed by atoms with E-state index in [1.54, 1.807) is 0 Å². The Labute approximate surface area is 193 Å². The molecule has 4 unspecified atom stereocenters. The lowest BCUT2D eigenvalue weighted by molar-refractivity contribution is -0.127. The monoisotopic (exact) mass is 458 g/mol. The number of carbonyl (C=O) groups is 2. The van der Waals surface area contributed by atoms with E-state index in [0.717, 1.165) is 49.0 Å². The summed E-state index contributed by atoms with van der Waals surface area (Å²) in [5, 5.41) is 17.0. The lowest BCUT2D eigenvalue weighted by atomic mass is 9.75. The molecule has 0 aromatic carbocycles. The van der Waals surface area contributed by atoms with E-state index in [1.807, 2.05) is 0 Å². The van der Waals surface area contributed by atoms with Crippen molar-refractivity contribution in [1.29, 1.82) is 0 Å². The Hall–Kier alpha value is -1.44. The largest absolute Gasteiger partial charge is 0.396 e. The lowest BCUT2D eigenvalue weighted by Crippen LogP contribution is -2.44. The number of rotatable bonds is 5. The average Bonchev–Trinajstić information content (AvgIpc) is 3.37. The molecular weight excluding hydrogens is 424 g/mol. The minimum Gasteiger partial charge on any atom is -0.396 e. The summed E-state index contributed by atoms with van der Waals surface area (Å²) < 4.78 is 5.65. The van der Waals surface area contributed by atoms with Crippen LogP contribution in [0.3, 0.4) is 0 Å². The van der Waals surface area contributed by atoms with Crippen LogP contribution in [0, 0.1) is 29.1 Å². The van der Waals surface area contributed by atoms with Gasteiger partial charge in [0.1, 0.15) is 5.00 Å². The number of thiophene rings is 1. The first-order chi connectivity index (χ1) is 15.6. The lowest BCUT2D eigenvalue weighted by Gasteiger charge is -2.32. The van der Waals surface area contributed by atoms with E-state index < -0.39 is 0 Å². The Bertz CT molecular complexity index is 913. The molecule has 0 radical (unpaired) electrons. The van der Waals surface area contributed by atoms with E-state index in [9.17, 15) is 14.7 Å². The highest BCUT2D eigenvalue weighted by molar-refractivity contribution is 7.17. The first-order valence-corrected chi connectivity index (χ1v) is 13.3. The van der Waals surface area contributed by atoms with E-state index >= 15 is 0 Å². The van der Waals surface area contributed by atoms with Crippen LogP contribution in [0.2, 0.25) is 0 Å². The number of hydrogen-bond donors (Lipinski definition) is 3. The van der Waals surface area contributed by atoms with Gasteiger partial charge in [0.25, 0.3) is 5.91 Å². The fourth-order valence-corrected chi connectivity index (χ4v) is 8.99. The van der Waals surface area contributed by atoms with Gasteiger partial charge in [0.2, 0.25) is 5.91 Å². The summed E-state index contributed by atoms with van der Waals surface area (Å²) >= 11 is 1.52. The van der Waals surface area contributed by atoms with Crippen molar-refractivity contribution < 1.29 is 19.4 Å². The third kappa shape index (κ3) is 3.34.